The van der Waals surface area contributed by atoms with Gasteiger partial charge in [-0.3, -0.25) is 0 Å². The number of nitrogens with zero attached hydrogens (tertiary/aromatic N) is 3. The summed E-state index contributed by atoms with van der Waals surface area (Å²) in [5, 5.41) is 3.28. The molecule has 0 bridgehead atoms. The van der Waals surface area contributed by atoms with Crippen molar-refractivity contribution in [3.63, 3.8) is 0 Å². The Balaban J connectivity index is 1.85. The summed E-state index contributed by atoms with van der Waals surface area (Å²) in [5.41, 5.74) is 2.95. The molecule has 0 saturated heterocycles. The highest BCUT2D eigenvalue weighted by atomic mass is 16.5. The molecule has 0 atom stereocenters. The molecule has 2 aromatic carbocycles. The van der Waals surface area contributed by atoms with Crippen molar-refractivity contribution in [2.45, 2.75) is 20.8 Å². The minimum Gasteiger partial charge on any atom is -0.494 e. The zero-order chi connectivity index (χ0) is 18.4. The zero-order valence-electron chi connectivity index (χ0n) is 15.4. The monoisotopic (exact) mass is 348 g/mol. The molecule has 1 aromatic heterocycles. The maximum absolute atomic E-state index is 5.48. The van der Waals surface area contributed by atoms with E-state index in [9.17, 15) is 0 Å². The first-order valence-corrected chi connectivity index (χ1v) is 8.87. The van der Waals surface area contributed by atoms with Gasteiger partial charge >= 0.3 is 0 Å². The maximum atomic E-state index is 5.48. The predicted octanol–water partition coefficient (Wildman–Crippen LogP) is 5.09. The van der Waals surface area contributed by atoms with E-state index in [1.165, 1.54) is 0 Å². The molecule has 0 fully saturated rings. The fourth-order valence-electron chi connectivity index (χ4n) is 2.76. The Labute approximate surface area is 154 Å². The Morgan fingerprint density at radius 3 is 2.35 bits per heavy atom. The number of hydrogen-bond donors (Lipinski definition) is 1. The van der Waals surface area contributed by atoms with E-state index < -0.39 is 0 Å². The lowest BCUT2D eigenvalue weighted by Crippen LogP contribution is -2.18. The Hall–Kier alpha value is -3.08. The van der Waals surface area contributed by atoms with Gasteiger partial charge in [0.25, 0.3) is 0 Å². The summed E-state index contributed by atoms with van der Waals surface area (Å²) >= 11 is 0. The lowest BCUT2D eigenvalue weighted by molar-refractivity contribution is 0.340. The van der Waals surface area contributed by atoms with E-state index in [1.54, 1.807) is 0 Å². The second-order valence-corrected chi connectivity index (χ2v) is 5.85. The molecule has 1 N–H and O–H groups in total. The molecule has 26 heavy (non-hydrogen) atoms. The van der Waals surface area contributed by atoms with Crippen LogP contribution in [0.25, 0.3) is 0 Å². The number of hydrogen-bond acceptors (Lipinski definition) is 5. The van der Waals surface area contributed by atoms with E-state index in [0.29, 0.717) is 12.6 Å². The van der Waals surface area contributed by atoms with Gasteiger partial charge in [-0.05, 0) is 57.2 Å². The van der Waals surface area contributed by atoms with Crippen molar-refractivity contribution in [3.8, 4) is 5.75 Å². The topological polar surface area (TPSA) is 50.3 Å². The average Bonchev–Trinajstić information content (AvgIpc) is 2.65. The van der Waals surface area contributed by atoms with Crippen molar-refractivity contribution < 1.29 is 4.74 Å². The molecule has 0 aliphatic carbocycles. The van der Waals surface area contributed by atoms with Crippen molar-refractivity contribution in [2.75, 3.05) is 23.4 Å². The van der Waals surface area contributed by atoms with Gasteiger partial charge in [0.1, 0.15) is 11.6 Å². The molecule has 0 amide bonds. The van der Waals surface area contributed by atoms with Crippen LogP contribution in [-0.2, 0) is 0 Å². The van der Waals surface area contributed by atoms with E-state index in [2.05, 4.69) is 34.3 Å². The van der Waals surface area contributed by atoms with E-state index in [1.807, 2.05) is 62.4 Å². The van der Waals surface area contributed by atoms with Gasteiger partial charge in [0.2, 0.25) is 5.95 Å². The molecule has 3 aromatic rings. The van der Waals surface area contributed by atoms with Crippen molar-refractivity contribution in [3.05, 3.63) is 66.4 Å². The first-order chi connectivity index (χ1) is 12.7. The summed E-state index contributed by atoms with van der Waals surface area (Å²) in [7, 11) is 0. The highest BCUT2D eigenvalue weighted by Gasteiger charge is 2.11. The zero-order valence-corrected chi connectivity index (χ0v) is 15.4. The van der Waals surface area contributed by atoms with Crippen molar-refractivity contribution in [1.82, 2.24) is 9.97 Å². The summed E-state index contributed by atoms with van der Waals surface area (Å²) in [5.74, 6) is 2.31. The number of anilines is 4. The van der Waals surface area contributed by atoms with Crippen LogP contribution in [0, 0.1) is 6.92 Å². The van der Waals surface area contributed by atoms with Gasteiger partial charge in [0.05, 0.1) is 6.61 Å². The minimum atomic E-state index is 0.582. The van der Waals surface area contributed by atoms with Crippen LogP contribution >= 0.6 is 0 Å². The first kappa shape index (κ1) is 17.7. The van der Waals surface area contributed by atoms with Crippen LogP contribution in [0.3, 0.4) is 0 Å². The van der Waals surface area contributed by atoms with Gasteiger partial charge in [0.15, 0.2) is 0 Å². The lowest BCUT2D eigenvalue weighted by Gasteiger charge is -2.23. The maximum Gasteiger partial charge on any atom is 0.229 e. The summed E-state index contributed by atoms with van der Waals surface area (Å²) in [4.78, 5) is 11.4. The largest absolute Gasteiger partial charge is 0.494 e. The van der Waals surface area contributed by atoms with E-state index >= 15 is 0 Å². The van der Waals surface area contributed by atoms with Crippen molar-refractivity contribution in [1.29, 1.82) is 0 Å². The van der Waals surface area contributed by atoms with Crippen LogP contribution in [0.15, 0.2) is 60.7 Å². The lowest BCUT2D eigenvalue weighted by atomic mass is 10.2. The fraction of sp³-hybridized carbons (Fsp3) is 0.238. The third-order valence-electron chi connectivity index (χ3n) is 3.92. The Bertz CT molecular complexity index is 834. The van der Waals surface area contributed by atoms with Crippen molar-refractivity contribution >= 4 is 23.1 Å². The number of rotatable bonds is 7. The van der Waals surface area contributed by atoms with Crippen LogP contribution in [0.1, 0.15) is 19.5 Å². The molecular weight excluding hydrogens is 324 g/mol. The second-order valence-electron chi connectivity index (χ2n) is 5.85. The van der Waals surface area contributed by atoms with Crippen molar-refractivity contribution in [2.24, 2.45) is 0 Å². The Morgan fingerprint density at radius 1 is 0.962 bits per heavy atom. The van der Waals surface area contributed by atoms with Gasteiger partial charge in [-0.2, -0.15) is 4.98 Å². The standard InChI is InChI=1S/C21H24N4O/c1-4-25(18-9-7-6-8-10-18)20-15-16(3)22-21(24-20)23-17-11-13-19(14-12-17)26-5-2/h6-15H,4-5H2,1-3H3,(H,22,23,24). The summed E-state index contributed by atoms with van der Waals surface area (Å²) in [6.07, 6.45) is 0. The quantitative estimate of drug-likeness (QED) is 0.645. The van der Waals surface area contributed by atoms with E-state index in [4.69, 9.17) is 9.72 Å². The third-order valence-corrected chi connectivity index (χ3v) is 3.92. The van der Waals surface area contributed by atoms with Crippen LogP contribution in [-0.4, -0.2) is 23.1 Å². The summed E-state index contributed by atoms with van der Waals surface area (Å²) in [6.45, 7) is 7.55. The van der Waals surface area contributed by atoms with Crippen LogP contribution < -0.4 is 15.0 Å². The number of aromatic nitrogens is 2. The predicted molar refractivity (Wildman–Crippen MR) is 107 cm³/mol. The van der Waals surface area contributed by atoms with E-state index in [0.717, 1.165) is 35.2 Å². The smallest absolute Gasteiger partial charge is 0.229 e. The van der Waals surface area contributed by atoms with Gasteiger partial charge in [-0.15, -0.1) is 0 Å². The normalized spacial score (nSPS) is 10.4. The number of nitrogens with one attached hydrogen (secondary N) is 1. The van der Waals surface area contributed by atoms with Crippen LogP contribution in [0.4, 0.5) is 23.1 Å². The minimum absolute atomic E-state index is 0.582. The summed E-state index contributed by atoms with van der Waals surface area (Å²) < 4.78 is 5.48. The number of ether oxygens (including phenoxy) is 1. The second kappa shape index (κ2) is 8.34. The van der Waals surface area contributed by atoms with Gasteiger partial charge in [0, 0.05) is 29.7 Å². The summed E-state index contributed by atoms with van der Waals surface area (Å²) in [6, 6.07) is 20.0. The molecule has 134 valence electrons. The molecule has 0 spiro atoms. The third kappa shape index (κ3) is 4.30. The number of aryl methyl sites for hydroxylation is 1. The molecule has 0 unspecified atom stereocenters. The molecule has 0 aliphatic heterocycles. The van der Waals surface area contributed by atoms with Gasteiger partial charge in [-0.1, -0.05) is 18.2 Å². The van der Waals surface area contributed by atoms with Crippen LogP contribution in [0.5, 0.6) is 5.75 Å². The van der Waals surface area contributed by atoms with Gasteiger partial charge < -0.3 is 15.0 Å². The molecule has 5 nitrogen and oxygen atoms in total. The Kier molecular flexibility index (Phi) is 5.69. The average molecular weight is 348 g/mol. The fourth-order valence-corrected chi connectivity index (χ4v) is 2.76. The number of para-hydroxylation sites is 1. The number of benzene rings is 2. The Morgan fingerprint density at radius 2 is 1.69 bits per heavy atom. The molecule has 0 aliphatic rings. The first-order valence-electron chi connectivity index (χ1n) is 8.87. The van der Waals surface area contributed by atoms with Gasteiger partial charge in [-0.25, -0.2) is 4.98 Å². The molecule has 1 heterocycles. The SMILES string of the molecule is CCOc1ccc(Nc2nc(C)cc(N(CC)c3ccccc3)n2)cc1. The van der Waals surface area contributed by atoms with Crippen LogP contribution in [0.2, 0.25) is 0 Å². The highest BCUT2D eigenvalue weighted by Crippen LogP contribution is 2.25. The van der Waals surface area contributed by atoms with E-state index in [-0.39, 0.29) is 0 Å². The molecule has 3 rings (SSSR count). The highest BCUT2D eigenvalue weighted by molar-refractivity contribution is 5.62. The molecule has 5 heteroatoms. The molecule has 0 saturated carbocycles. The molecule has 0 radical (unpaired) electrons. The molecular formula is C21H24N4O.